The Morgan fingerprint density at radius 2 is 1.83 bits per heavy atom. The molecule has 1 amide bonds. The zero-order chi connectivity index (χ0) is 25.8. The van der Waals surface area contributed by atoms with Crippen LogP contribution in [0.15, 0.2) is 36.5 Å². The molecular formula is C24H30F2N4O5. The number of aliphatic hydroxyl groups excluding tert-OH is 1. The molecule has 1 saturated carbocycles. The Labute approximate surface area is 202 Å². The average Bonchev–Trinajstić information content (AvgIpc) is 2.70. The van der Waals surface area contributed by atoms with Crippen molar-refractivity contribution in [1.82, 2.24) is 10.3 Å². The lowest BCUT2D eigenvalue weighted by Gasteiger charge is -2.32. The van der Waals surface area contributed by atoms with Crippen LogP contribution in [0.4, 0.5) is 25.1 Å². The van der Waals surface area contributed by atoms with E-state index in [1.807, 2.05) is 0 Å². The van der Waals surface area contributed by atoms with Gasteiger partial charge in [-0.15, -0.1) is 0 Å². The van der Waals surface area contributed by atoms with Gasteiger partial charge in [-0.2, -0.15) is 8.78 Å². The molecule has 4 N–H and O–H groups in total. The van der Waals surface area contributed by atoms with Crippen molar-refractivity contribution in [1.29, 1.82) is 5.41 Å². The first kappa shape index (κ1) is 26.1. The molecule has 1 heterocycles. The number of carbonyl (C=O) groups excluding carboxylic acids is 1. The summed E-state index contributed by atoms with van der Waals surface area (Å²) in [7, 11) is 0. The zero-order valence-electron chi connectivity index (χ0n) is 20.0. The summed E-state index contributed by atoms with van der Waals surface area (Å²) in [5, 5.41) is 23.8. The van der Waals surface area contributed by atoms with Gasteiger partial charge >= 0.3 is 12.2 Å². The molecule has 1 aromatic heterocycles. The minimum absolute atomic E-state index is 0.00640. The molecule has 11 heteroatoms. The fraction of sp³-hybridized carbons (Fsp3) is 0.458. The van der Waals surface area contributed by atoms with E-state index in [9.17, 15) is 18.7 Å². The van der Waals surface area contributed by atoms with Crippen LogP contribution in [0, 0.1) is 5.41 Å². The van der Waals surface area contributed by atoms with Crippen molar-refractivity contribution in [3.63, 3.8) is 0 Å². The Morgan fingerprint density at radius 3 is 2.40 bits per heavy atom. The molecule has 0 radical (unpaired) electrons. The number of carbonyl (C=O) groups is 1. The van der Waals surface area contributed by atoms with E-state index in [1.54, 1.807) is 26.8 Å². The Hall–Kier alpha value is -3.47. The van der Waals surface area contributed by atoms with Crippen molar-refractivity contribution in [3.05, 3.63) is 42.1 Å². The molecule has 0 saturated heterocycles. The van der Waals surface area contributed by atoms with E-state index in [0.29, 0.717) is 36.8 Å². The number of hydrogen-bond donors (Lipinski definition) is 4. The summed E-state index contributed by atoms with van der Waals surface area (Å²) in [6, 6.07) is 7.43. The summed E-state index contributed by atoms with van der Waals surface area (Å²) in [5.74, 6) is 0.625. The number of pyridine rings is 1. The van der Waals surface area contributed by atoms with Crippen LogP contribution in [0.5, 0.6) is 11.5 Å². The number of rotatable bonds is 9. The molecule has 0 aliphatic heterocycles. The molecule has 2 aromatic rings. The first-order chi connectivity index (χ1) is 16.3. The van der Waals surface area contributed by atoms with Crippen LogP contribution in [0.2, 0.25) is 0 Å². The van der Waals surface area contributed by atoms with Crippen molar-refractivity contribution in [2.45, 2.75) is 64.5 Å². The van der Waals surface area contributed by atoms with Crippen LogP contribution in [0.1, 0.15) is 46.1 Å². The van der Waals surface area contributed by atoms with Crippen LogP contribution < -0.4 is 20.1 Å². The summed E-state index contributed by atoms with van der Waals surface area (Å²) in [4.78, 5) is 16.4. The summed E-state index contributed by atoms with van der Waals surface area (Å²) in [6.07, 6.45) is -2.17. The number of anilines is 2. The minimum Gasteiger partial charge on any atom is -0.489 e. The van der Waals surface area contributed by atoms with Gasteiger partial charge in [0.25, 0.3) is 0 Å². The van der Waals surface area contributed by atoms with Gasteiger partial charge in [0.2, 0.25) is 0 Å². The molecule has 0 bridgehead atoms. The Bertz CT molecular complexity index is 1050. The van der Waals surface area contributed by atoms with Gasteiger partial charge in [-0.3, -0.25) is 0 Å². The van der Waals surface area contributed by atoms with E-state index in [2.05, 4.69) is 20.4 Å². The summed E-state index contributed by atoms with van der Waals surface area (Å²) < 4.78 is 41.9. The van der Waals surface area contributed by atoms with Gasteiger partial charge in [0.1, 0.15) is 29.0 Å². The van der Waals surface area contributed by atoms with E-state index in [1.165, 1.54) is 30.5 Å². The fourth-order valence-corrected chi connectivity index (χ4v) is 3.26. The minimum atomic E-state index is -3.30. The highest BCUT2D eigenvalue weighted by molar-refractivity contribution is 6.07. The number of hydrogen-bond acceptors (Lipinski definition) is 8. The molecule has 1 fully saturated rings. The standard InChI is InChI=1S/C24H30F2N4O5/c1-23(2,3)35-22(32)29-13-18(27)20-19(33-17-11-15(31)12-17)9-10-28-21(20)30-14-5-7-16(8-6-14)34-24(4,25)26/h5-10,15,17,27,31H,11-13H2,1-4H3,(H,28,30)(H,29,32). The summed E-state index contributed by atoms with van der Waals surface area (Å²) >= 11 is 0. The third-order valence-electron chi connectivity index (χ3n) is 4.80. The Morgan fingerprint density at radius 1 is 1.17 bits per heavy atom. The third kappa shape index (κ3) is 8.06. The second-order valence-electron chi connectivity index (χ2n) is 9.29. The van der Waals surface area contributed by atoms with E-state index in [-0.39, 0.29) is 29.9 Å². The number of benzene rings is 1. The molecule has 1 aliphatic rings. The van der Waals surface area contributed by atoms with Crippen LogP contribution in [-0.2, 0) is 4.74 Å². The maximum absolute atomic E-state index is 13.1. The highest BCUT2D eigenvalue weighted by atomic mass is 19.3. The number of alkyl carbamates (subject to hydrolysis) is 1. The first-order valence-corrected chi connectivity index (χ1v) is 11.1. The lowest BCUT2D eigenvalue weighted by Crippen LogP contribution is -2.38. The van der Waals surface area contributed by atoms with Crippen LogP contribution in [0.3, 0.4) is 0 Å². The van der Waals surface area contributed by atoms with Crippen LogP contribution >= 0.6 is 0 Å². The van der Waals surface area contributed by atoms with E-state index in [4.69, 9.17) is 14.9 Å². The number of nitrogens with one attached hydrogen (secondary N) is 3. The molecule has 190 valence electrons. The maximum atomic E-state index is 13.1. The number of aliphatic hydroxyl groups is 1. The zero-order valence-corrected chi connectivity index (χ0v) is 20.0. The number of halogens is 2. The maximum Gasteiger partial charge on any atom is 0.407 e. The largest absolute Gasteiger partial charge is 0.489 e. The predicted molar refractivity (Wildman–Crippen MR) is 126 cm³/mol. The predicted octanol–water partition coefficient (Wildman–Crippen LogP) is 4.61. The molecule has 0 unspecified atom stereocenters. The van der Waals surface area contributed by atoms with Crippen molar-refractivity contribution in [2.24, 2.45) is 0 Å². The van der Waals surface area contributed by atoms with Crippen LogP contribution in [0.25, 0.3) is 0 Å². The highest BCUT2D eigenvalue weighted by Crippen LogP contribution is 2.33. The molecule has 9 nitrogen and oxygen atoms in total. The second-order valence-corrected chi connectivity index (χ2v) is 9.29. The van der Waals surface area contributed by atoms with Crippen molar-refractivity contribution in [3.8, 4) is 11.5 Å². The Kier molecular flexibility index (Phi) is 7.79. The molecule has 0 atom stereocenters. The topological polar surface area (TPSA) is 126 Å². The van der Waals surface area contributed by atoms with Gasteiger partial charge in [-0.1, -0.05) is 0 Å². The lowest BCUT2D eigenvalue weighted by molar-refractivity contribution is -0.158. The number of ether oxygens (including phenoxy) is 3. The molecule has 1 aromatic carbocycles. The SMILES string of the molecule is CC(C)(C)OC(=O)NCC(=N)c1c(OC2CC(O)C2)ccnc1Nc1ccc(OC(C)(F)F)cc1. The number of nitrogens with zero attached hydrogens (tertiary/aromatic N) is 1. The quantitative estimate of drug-likeness (QED) is 0.377. The number of alkyl halides is 2. The molecule has 1 aliphatic carbocycles. The summed E-state index contributed by atoms with van der Waals surface area (Å²) in [5.41, 5.74) is 0.136. The molecule has 35 heavy (non-hydrogen) atoms. The van der Waals surface area contributed by atoms with Crippen LogP contribution in [-0.4, -0.2) is 52.4 Å². The van der Waals surface area contributed by atoms with Gasteiger partial charge < -0.3 is 35.4 Å². The fourth-order valence-electron chi connectivity index (χ4n) is 3.26. The van der Waals surface area contributed by atoms with Crippen molar-refractivity contribution >= 4 is 23.3 Å². The molecular weight excluding hydrogens is 462 g/mol. The monoisotopic (exact) mass is 492 g/mol. The van der Waals surface area contributed by atoms with Gasteiger partial charge in [-0.25, -0.2) is 9.78 Å². The first-order valence-electron chi connectivity index (χ1n) is 11.1. The van der Waals surface area contributed by atoms with Gasteiger partial charge in [0, 0.05) is 31.6 Å². The van der Waals surface area contributed by atoms with Gasteiger partial charge in [-0.05, 0) is 51.1 Å². The van der Waals surface area contributed by atoms with E-state index in [0.717, 1.165) is 0 Å². The molecule has 0 spiro atoms. The van der Waals surface area contributed by atoms with Gasteiger partial charge in [0.15, 0.2) is 0 Å². The van der Waals surface area contributed by atoms with Crippen molar-refractivity contribution in [2.75, 3.05) is 11.9 Å². The average molecular weight is 493 g/mol. The second kappa shape index (κ2) is 10.4. The van der Waals surface area contributed by atoms with E-state index < -0.39 is 23.9 Å². The van der Waals surface area contributed by atoms with E-state index >= 15 is 0 Å². The molecule has 3 rings (SSSR count). The number of amides is 1. The highest BCUT2D eigenvalue weighted by Gasteiger charge is 2.30. The normalized spacial score (nSPS) is 17.7. The Balaban J connectivity index is 1.81. The van der Waals surface area contributed by atoms with Gasteiger partial charge in [0.05, 0.1) is 23.9 Å². The third-order valence-corrected chi connectivity index (χ3v) is 4.80. The van der Waals surface area contributed by atoms with Crippen molar-refractivity contribution < 1.29 is 32.9 Å². The number of aromatic nitrogens is 1. The summed E-state index contributed by atoms with van der Waals surface area (Å²) in [6.45, 7) is 5.70. The lowest BCUT2D eigenvalue weighted by atomic mass is 9.92. The smallest absolute Gasteiger partial charge is 0.407 e.